The highest BCUT2D eigenvalue weighted by Crippen LogP contribution is 2.54. The van der Waals surface area contributed by atoms with Gasteiger partial charge in [0.05, 0.1) is 30.6 Å². The van der Waals surface area contributed by atoms with Gasteiger partial charge in [-0.2, -0.15) is 0 Å². The number of carbonyl (C=O) groups is 4. The molecule has 14 heteroatoms. The van der Waals surface area contributed by atoms with E-state index in [1.54, 1.807) is 4.90 Å². The van der Waals surface area contributed by atoms with Crippen molar-refractivity contribution >= 4 is 24.0 Å². The molecule has 0 radical (unpaired) electrons. The molecule has 4 amide bonds. The standard InChI is InChI=1S/C35H36N8O6/c1-48-35(47)39-16-30(44)42-26-10-22(26)12-28(42)32-37-14-24(40-32)20-6-2-18(3-7-20)19-4-8-21(9-5-19)25-15-38-33(41-25)29-13-23-11-27(23)43(29)31(45)17-49-34(36)46/h2-9,14-15,22-23,26-29H,10-13,16-17H2,1H3,(H2,36,46)(H,37,40)(H,38,41)(H,39,47)/t22-,23-,26-,27-,28+,29+/m1/s1. The average molecular weight is 665 g/mol. The number of imidazole rings is 2. The number of piperidine rings is 2. The maximum atomic E-state index is 13.0. The number of nitrogens with one attached hydrogen (secondary N) is 3. The van der Waals surface area contributed by atoms with E-state index in [0.29, 0.717) is 11.8 Å². The van der Waals surface area contributed by atoms with Crippen LogP contribution in [0, 0.1) is 11.8 Å². The maximum absolute atomic E-state index is 13.0. The number of methoxy groups -OCH3 is 1. The highest BCUT2D eigenvalue weighted by Gasteiger charge is 2.56. The Morgan fingerprint density at radius 2 is 1.22 bits per heavy atom. The van der Waals surface area contributed by atoms with Crippen LogP contribution in [0.15, 0.2) is 60.9 Å². The number of ether oxygens (including phenoxy) is 2. The van der Waals surface area contributed by atoms with E-state index in [4.69, 9.17) is 20.4 Å². The third-order valence-corrected chi connectivity index (χ3v) is 10.2. The number of carbonyl (C=O) groups excluding carboxylic acids is 4. The first-order valence-corrected chi connectivity index (χ1v) is 16.5. The first kappa shape index (κ1) is 30.7. The molecule has 2 saturated carbocycles. The SMILES string of the molecule is COC(=O)NCC(=O)N1[C@@H]2C[C@@H]2C[C@H]1c1nc(-c2ccc(-c3ccc(-c4c[nH]c([C@@H]5C[C@H]6C[C@H]6N5C(=O)COC(N)=O)n4)cc3)cc2)c[nH]1. The Labute approximate surface area is 281 Å². The van der Waals surface area contributed by atoms with Gasteiger partial charge in [0.2, 0.25) is 5.91 Å². The summed E-state index contributed by atoms with van der Waals surface area (Å²) in [4.78, 5) is 68.1. The molecule has 2 saturated heterocycles. The van der Waals surface area contributed by atoms with Crippen LogP contribution in [0.25, 0.3) is 33.6 Å². The van der Waals surface area contributed by atoms with E-state index in [9.17, 15) is 19.2 Å². The van der Waals surface area contributed by atoms with E-state index < -0.39 is 12.2 Å². The van der Waals surface area contributed by atoms with Crippen LogP contribution in [0.2, 0.25) is 0 Å². The lowest BCUT2D eigenvalue weighted by molar-refractivity contribution is -0.136. The van der Waals surface area contributed by atoms with Crippen molar-refractivity contribution in [2.75, 3.05) is 20.3 Å². The second-order valence-electron chi connectivity index (χ2n) is 13.2. The molecule has 14 nitrogen and oxygen atoms in total. The summed E-state index contributed by atoms with van der Waals surface area (Å²) in [6.07, 6.45) is 5.75. The summed E-state index contributed by atoms with van der Waals surface area (Å²) < 4.78 is 9.36. The second-order valence-corrected chi connectivity index (χ2v) is 13.2. The number of fused-ring (bicyclic) bond motifs is 2. The van der Waals surface area contributed by atoms with E-state index in [1.165, 1.54) is 7.11 Å². The minimum absolute atomic E-state index is 0.107. The zero-order valence-electron chi connectivity index (χ0n) is 26.8. The number of nitrogens with zero attached hydrogens (tertiary/aromatic N) is 4. The van der Waals surface area contributed by atoms with Crippen LogP contribution in [-0.2, 0) is 19.1 Å². The van der Waals surface area contributed by atoms with Gasteiger partial charge in [0.15, 0.2) is 6.61 Å². The number of aromatic amines is 2. The summed E-state index contributed by atoms with van der Waals surface area (Å²) in [5.74, 6) is 1.98. The fourth-order valence-electron chi connectivity index (χ4n) is 7.61. The monoisotopic (exact) mass is 664 g/mol. The zero-order valence-corrected chi connectivity index (χ0v) is 26.8. The Morgan fingerprint density at radius 1 is 0.755 bits per heavy atom. The molecule has 6 atom stereocenters. The third-order valence-electron chi connectivity index (χ3n) is 10.2. The molecular formula is C35H36N8O6. The van der Waals surface area contributed by atoms with Crippen molar-refractivity contribution in [3.8, 4) is 33.6 Å². The number of alkyl carbamates (subject to hydrolysis) is 1. The molecule has 4 aromatic rings. The highest BCUT2D eigenvalue weighted by molar-refractivity contribution is 5.84. The van der Waals surface area contributed by atoms with E-state index in [1.807, 2.05) is 41.6 Å². The summed E-state index contributed by atoms with van der Waals surface area (Å²) in [5.41, 5.74) is 10.6. The van der Waals surface area contributed by atoms with Gasteiger partial charge in [-0.3, -0.25) is 9.59 Å². The number of nitrogens with two attached hydrogens (primary N) is 1. The number of hydrogen-bond donors (Lipinski definition) is 4. The van der Waals surface area contributed by atoms with Crippen LogP contribution in [0.5, 0.6) is 0 Å². The largest absolute Gasteiger partial charge is 0.453 e. The lowest BCUT2D eigenvalue weighted by atomic mass is 10.0. The van der Waals surface area contributed by atoms with Crippen LogP contribution in [-0.4, -0.2) is 86.1 Å². The van der Waals surface area contributed by atoms with Crippen LogP contribution in [0.3, 0.4) is 0 Å². The molecule has 49 heavy (non-hydrogen) atoms. The fraction of sp³-hybridized carbons (Fsp3) is 0.371. The smallest absolute Gasteiger partial charge is 0.407 e. The number of benzene rings is 2. The molecule has 0 bridgehead atoms. The van der Waals surface area contributed by atoms with E-state index >= 15 is 0 Å². The van der Waals surface area contributed by atoms with Gasteiger partial charge >= 0.3 is 12.2 Å². The summed E-state index contributed by atoms with van der Waals surface area (Å²) in [7, 11) is 1.27. The van der Waals surface area contributed by atoms with Gasteiger partial charge < -0.3 is 40.3 Å². The summed E-state index contributed by atoms with van der Waals surface area (Å²) in [5, 5.41) is 2.49. The van der Waals surface area contributed by atoms with Gasteiger partial charge in [0.25, 0.3) is 5.91 Å². The topological polar surface area (TPSA) is 189 Å². The molecule has 252 valence electrons. The number of likely N-dealkylation sites (tertiary alicyclic amines) is 2. The van der Waals surface area contributed by atoms with Crippen molar-refractivity contribution in [2.45, 2.75) is 49.9 Å². The van der Waals surface area contributed by atoms with Crippen molar-refractivity contribution < 1.29 is 28.7 Å². The molecule has 8 rings (SSSR count). The number of H-pyrrole nitrogens is 2. The molecule has 4 aliphatic rings. The number of rotatable bonds is 9. The van der Waals surface area contributed by atoms with Gasteiger partial charge in [-0.25, -0.2) is 19.6 Å². The number of amides is 4. The Morgan fingerprint density at radius 3 is 1.69 bits per heavy atom. The predicted octanol–water partition coefficient (Wildman–Crippen LogP) is 3.91. The maximum Gasteiger partial charge on any atom is 0.407 e. The van der Waals surface area contributed by atoms with Crippen molar-refractivity contribution in [1.82, 2.24) is 35.1 Å². The van der Waals surface area contributed by atoms with Crippen molar-refractivity contribution in [3.05, 3.63) is 72.6 Å². The van der Waals surface area contributed by atoms with Crippen LogP contribution in [0.1, 0.15) is 49.4 Å². The molecule has 5 N–H and O–H groups in total. The Hall–Kier alpha value is -5.66. The number of hydrogen-bond acceptors (Lipinski definition) is 8. The van der Waals surface area contributed by atoms with Crippen molar-refractivity contribution in [1.29, 1.82) is 0 Å². The molecule has 2 aliphatic heterocycles. The van der Waals surface area contributed by atoms with Crippen molar-refractivity contribution in [3.63, 3.8) is 0 Å². The first-order valence-electron chi connectivity index (χ1n) is 16.5. The molecule has 0 unspecified atom stereocenters. The third kappa shape index (κ3) is 5.87. The lowest BCUT2D eigenvalue weighted by Crippen LogP contribution is -2.41. The van der Waals surface area contributed by atoms with E-state index in [2.05, 4.69) is 44.3 Å². The molecule has 2 aromatic heterocycles. The molecule has 2 aliphatic carbocycles. The quantitative estimate of drug-likeness (QED) is 0.207. The van der Waals surface area contributed by atoms with Crippen molar-refractivity contribution in [2.24, 2.45) is 17.6 Å². The van der Waals surface area contributed by atoms with Gasteiger partial charge in [0.1, 0.15) is 18.2 Å². The van der Waals surface area contributed by atoms with Gasteiger partial charge in [-0.1, -0.05) is 48.5 Å². The van der Waals surface area contributed by atoms with Crippen LogP contribution in [0.4, 0.5) is 9.59 Å². The summed E-state index contributed by atoms with van der Waals surface area (Å²) >= 11 is 0. The van der Waals surface area contributed by atoms with E-state index in [-0.39, 0.29) is 49.1 Å². The second kappa shape index (κ2) is 12.1. The minimum Gasteiger partial charge on any atom is -0.453 e. The first-order chi connectivity index (χ1) is 23.8. The number of primary amides is 1. The summed E-state index contributed by atoms with van der Waals surface area (Å²) in [6, 6.07) is 16.4. The lowest BCUT2D eigenvalue weighted by Gasteiger charge is -2.26. The number of aromatic nitrogens is 4. The normalized spacial score (nSPS) is 24.6. The Bertz CT molecular complexity index is 1920. The average Bonchev–Trinajstić information content (AvgIpc) is 3.71. The van der Waals surface area contributed by atoms with Gasteiger partial charge in [-0.15, -0.1) is 0 Å². The zero-order chi connectivity index (χ0) is 33.8. The van der Waals surface area contributed by atoms with E-state index in [0.717, 1.165) is 71.0 Å². The molecule has 0 spiro atoms. The van der Waals surface area contributed by atoms with Gasteiger partial charge in [-0.05, 0) is 48.6 Å². The minimum atomic E-state index is -0.963. The Balaban J connectivity index is 0.918. The summed E-state index contributed by atoms with van der Waals surface area (Å²) in [6.45, 7) is -0.473. The predicted molar refractivity (Wildman–Crippen MR) is 175 cm³/mol. The van der Waals surface area contributed by atoms with Crippen LogP contribution >= 0.6 is 0 Å². The molecule has 2 aromatic carbocycles. The van der Waals surface area contributed by atoms with Crippen LogP contribution < -0.4 is 11.1 Å². The molecule has 4 heterocycles. The molecule has 4 fully saturated rings. The fourth-order valence-corrected chi connectivity index (χ4v) is 7.61. The Kier molecular flexibility index (Phi) is 7.57. The van der Waals surface area contributed by atoms with Gasteiger partial charge in [0, 0.05) is 35.6 Å². The highest BCUT2D eigenvalue weighted by atomic mass is 16.5. The molecular weight excluding hydrogens is 628 g/mol.